The number of benzene rings is 1. The number of nitrogens with one attached hydrogen (secondary N) is 2. The summed E-state index contributed by atoms with van der Waals surface area (Å²) in [5.74, 6) is -1.30. The lowest BCUT2D eigenvalue weighted by Gasteiger charge is -2.22. The second kappa shape index (κ2) is 8.57. The molecular formula is C21H22N8O6. The molecular weight excluding hydrogens is 460 g/mol. The number of carbonyl (C=O) groups is 3. The predicted molar refractivity (Wildman–Crippen MR) is 120 cm³/mol. The fraction of sp³-hybridized carbons (Fsp3) is 0.333. The summed E-state index contributed by atoms with van der Waals surface area (Å²) in [6.45, 7) is -0.0603. The summed E-state index contributed by atoms with van der Waals surface area (Å²) in [7, 11) is 1.37. The molecule has 4 atom stereocenters. The molecule has 3 aromatic rings. The molecule has 0 radical (unpaired) electrons. The van der Waals surface area contributed by atoms with Gasteiger partial charge in [-0.15, -0.1) is 0 Å². The third kappa shape index (κ3) is 3.82. The Kier molecular flexibility index (Phi) is 5.55. The number of hydrogen-bond acceptors (Lipinski definition) is 10. The van der Waals surface area contributed by atoms with E-state index in [4.69, 9.17) is 10.5 Å². The third-order valence-corrected chi connectivity index (χ3v) is 6.02. The summed E-state index contributed by atoms with van der Waals surface area (Å²) < 4.78 is 7.04. The number of aliphatic hydroxyl groups is 2. The van der Waals surface area contributed by atoms with Crippen LogP contribution < -0.4 is 16.4 Å². The van der Waals surface area contributed by atoms with Crippen molar-refractivity contribution in [1.29, 1.82) is 0 Å². The minimum absolute atomic E-state index is 0.129. The first-order valence-electron chi connectivity index (χ1n) is 10.7. The van der Waals surface area contributed by atoms with Gasteiger partial charge in [0.1, 0.15) is 24.1 Å². The van der Waals surface area contributed by atoms with Gasteiger partial charge < -0.3 is 36.2 Å². The smallest absolute Gasteiger partial charge is 0.254 e. The number of ether oxygens (including phenoxy) is 1. The highest BCUT2D eigenvalue weighted by Gasteiger charge is 2.48. The average Bonchev–Trinajstić information content (AvgIpc) is 3.51. The Balaban J connectivity index is 1.27. The van der Waals surface area contributed by atoms with Crippen LogP contribution in [0.25, 0.3) is 11.2 Å². The van der Waals surface area contributed by atoms with Crippen LogP contribution in [0.1, 0.15) is 22.1 Å². The molecule has 3 amide bonds. The average molecular weight is 482 g/mol. The molecule has 1 fully saturated rings. The van der Waals surface area contributed by atoms with E-state index in [0.29, 0.717) is 23.4 Å². The van der Waals surface area contributed by atoms with Crippen LogP contribution in [0.15, 0.2) is 30.9 Å². The summed E-state index contributed by atoms with van der Waals surface area (Å²) in [6.07, 6.45) is -3.11. The number of amides is 3. The molecule has 6 N–H and O–H groups in total. The number of likely N-dealkylation sites (N-methyl/N-ethyl adjacent to an activating group) is 1. The van der Waals surface area contributed by atoms with Gasteiger partial charge in [-0.2, -0.15) is 0 Å². The second-order valence-electron chi connectivity index (χ2n) is 8.27. The molecule has 0 aliphatic carbocycles. The van der Waals surface area contributed by atoms with Crippen molar-refractivity contribution in [3.63, 3.8) is 0 Å². The van der Waals surface area contributed by atoms with E-state index in [-0.39, 0.29) is 29.4 Å². The number of nitrogens with two attached hydrogens (primary N) is 1. The van der Waals surface area contributed by atoms with Gasteiger partial charge in [-0.1, -0.05) is 6.07 Å². The number of rotatable bonds is 5. The Bertz CT molecular complexity index is 1340. The molecule has 0 bridgehead atoms. The zero-order valence-electron chi connectivity index (χ0n) is 18.5. The highest BCUT2D eigenvalue weighted by Crippen LogP contribution is 2.32. The van der Waals surface area contributed by atoms with E-state index in [1.807, 2.05) is 0 Å². The molecule has 35 heavy (non-hydrogen) atoms. The van der Waals surface area contributed by atoms with Crippen molar-refractivity contribution in [1.82, 2.24) is 29.7 Å². The van der Waals surface area contributed by atoms with Crippen LogP contribution in [0.5, 0.6) is 0 Å². The SMILES string of the molecule is CN(CC(=O)Nc1cccc2c1CNC2=O)C(=O)C1OC(n2cnc3c(N)ncnc32)C(O)C1O. The predicted octanol–water partition coefficient (Wildman–Crippen LogP) is -1.63. The summed E-state index contributed by atoms with van der Waals surface area (Å²) in [5, 5.41) is 26.5. The van der Waals surface area contributed by atoms with Crippen LogP contribution in [0, 0.1) is 0 Å². The second-order valence-corrected chi connectivity index (χ2v) is 8.27. The maximum atomic E-state index is 13.0. The zero-order valence-corrected chi connectivity index (χ0v) is 18.5. The Morgan fingerprint density at radius 2 is 2.09 bits per heavy atom. The first kappa shape index (κ1) is 22.6. The molecule has 2 aromatic heterocycles. The van der Waals surface area contributed by atoms with Gasteiger partial charge in [0.15, 0.2) is 23.8 Å². The van der Waals surface area contributed by atoms with Gasteiger partial charge in [0.05, 0.1) is 12.9 Å². The van der Waals surface area contributed by atoms with Crippen LogP contribution in [-0.2, 0) is 20.9 Å². The number of carbonyl (C=O) groups excluding carboxylic acids is 3. The standard InChI is InChI=1S/C21H22N8O6/c1-28(6-12(30)27-11-4-2-3-9-10(11)5-23-19(9)33)20(34)16-14(31)15(32)21(35-16)29-8-26-13-17(22)24-7-25-18(13)29/h2-4,7-8,14-16,21,31-32H,5-6H2,1H3,(H,23,33)(H,27,30)(H2,22,24,25). The number of nitrogen functional groups attached to an aromatic ring is 1. The van der Waals surface area contributed by atoms with E-state index in [2.05, 4.69) is 25.6 Å². The lowest BCUT2D eigenvalue weighted by atomic mass is 10.1. The summed E-state index contributed by atoms with van der Waals surface area (Å²) in [6, 6.07) is 4.97. The van der Waals surface area contributed by atoms with Crippen molar-refractivity contribution in [2.45, 2.75) is 31.1 Å². The largest absolute Gasteiger partial charge is 0.387 e. The third-order valence-electron chi connectivity index (χ3n) is 6.02. The van der Waals surface area contributed by atoms with Gasteiger partial charge in [-0.25, -0.2) is 15.0 Å². The van der Waals surface area contributed by atoms with Crippen molar-refractivity contribution in [2.24, 2.45) is 0 Å². The van der Waals surface area contributed by atoms with Crippen LogP contribution in [0.4, 0.5) is 11.5 Å². The minimum Gasteiger partial charge on any atom is -0.387 e. The van der Waals surface area contributed by atoms with Crippen molar-refractivity contribution < 1.29 is 29.3 Å². The van der Waals surface area contributed by atoms with Gasteiger partial charge in [0, 0.05) is 30.4 Å². The summed E-state index contributed by atoms with van der Waals surface area (Å²) in [4.78, 5) is 50.5. The van der Waals surface area contributed by atoms with E-state index >= 15 is 0 Å². The van der Waals surface area contributed by atoms with Crippen LogP contribution in [-0.4, -0.2) is 84.3 Å². The topological polar surface area (TPSA) is 198 Å². The number of anilines is 2. The van der Waals surface area contributed by atoms with Gasteiger partial charge in [0.2, 0.25) is 5.91 Å². The maximum Gasteiger partial charge on any atom is 0.254 e. The monoisotopic (exact) mass is 482 g/mol. The van der Waals surface area contributed by atoms with Gasteiger partial charge in [0.25, 0.3) is 11.8 Å². The van der Waals surface area contributed by atoms with Crippen molar-refractivity contribution in [3.8, 4) is 0 Å². The maximum absolute atomic E-state index is 13.0. The molecule has 14 heteroatoms. The number of aromatic nitrogens is 4. The van der Waals surface area contributed by atoms with Crippen molar-refractivity contribution in [2.75, 3.05) is 24.6 Å². The molecule has 0 saturated carbocycles. The van der Waals surface area contributed by atoms with Crippen LogP contribution in [0.2, 0.25) is 0 Å². The fourth-order valence-electron chi connectivity index (χ4n) is 4.22. The Hall–Kier alpha value is -4.14. The summed E-state index contributed by atoms with van der Waals surface area (Å²) >= 11 is 0. The lowest BCUT2D eigenvalue weighted by molar-refractivity contribution is -0.148. The van der Waals surface area contributed by atoms with Crippen molar-refractivity contribution in [3.05, 3.63) is 42.0 Å². The van der Waals surface area contributed by atoms with E-state index in [9.17, 15) is 24.6 Å². The Morgan fingerprint density at radius 3 is 2.89 bits per heavy atom. The van der Waals surface area contributed by atoms with Crippen LogP contribution >= 0.6 is 0 Å². The molecule has 4 unspecified atom stereocenters. The molecule has 2 aliphatic heterocycles. The first-order valence-corrected chi connectivity index (χ1v) is 10.7. The molecule has 4 heterocycles. The molecule has 1 aromatic carbocycles. The molecule has 182 valence electrons. The number of hydrogen-bond donors (Lipinski definition) is 5. The molecule has 2 aliphatic rings. The number of aliphatic hydroxyl groups excluding tert-OH is 2. The zero-order chi connectivity index (χ0) is 24.9. The highest BCUT2D eigenvalue weighted by atomic mass is 16.6. The first-order chi connectivity index (χ1) is 16.8. The van der Waals surface area contributed by atoms with Gasteiger partial charge >= 0.3 is 0 Å². The molecule has 1 saturated heterocycles. The van der Waals surface area contributed by atoms with E-state index < -0.39 is 36.4 Å². The van der Waals surface area contributed by atoms with Crippen LogP contribution in [0.3, 0.4) is 0 Å². The van der Waals surface area contributed by atoms with Crippen molar-refractivity contribution >= 4 is 40.4 Å². The number of nitrogens with zero attached hydrogens (tertiary/aromatic N) is 5. The number of fused-ring (bicyclic) bond motifs is 2. The quantitative estimate of drug-likeness (QED) is 0.281. The van der Waals surface area contributed by atoms with Gasteiger partial charge in [-0.3, -0.25) is 19.0 Å². The highest BCUT2D eigenvalue weighted by molar-refractivity contribution is 6.02. The van der Waals surface area contributed by atoms with E-state index in [0.717, 1.165) is 4.90 Å². The molecule has 5 rings (SSSR count). The number of imidazole rings is 1. The lowest BCUT2D eigenvalue weighted by Crippen LogP contribution is -2.46. The minimum atomic E-state index is -1.57. The van der Waals surface area contributed by atoms with E-state index in [1.54, 1.807) is 18.2 Å². The molecule has 0 spiro atoms. The fourth-order valence-corrected chi connectivity index (χ4v) is 4.22. The Labute approximate surface area is 197 Å². The van der Waals surface area contributed by atoms with E-state index in [1.165, 1.54) is 24.3 Å². The molecule has 14 nitrogen and oxygen atoms in total. The Morgan fingerprint density at radius 1 is 1.29 bits per heavy atom. The van der Waals surface area contributed by atoms with Gasteiger partial charge in [-0.05, 0) is 12.1 Å². The summed E-state index contributed by atoms with van der Waals surface area (Å²) in [5.41, 5.74) is 7.94. The normalized spacial score (nSPS) is 23.2.